The number of aromatic nitrogens is 2. The van der Waals surface area contributed by atoms with Crippen molar-refractivity contribution in [3.63, 3.8) is 0 Å². The maximum absolute atomic E-state index is 13.3. The van der Waals surface area contributed by atoms with Gasteiger partial charge in [0.25, 0.3) is 5.91 Å². The van der Waals surface area contributed by atoms with E-state index in [4.69, 9.17) is 9.84 Å². The topological polar surface area (TPSA) is 93.5 Å². The van der Waals surface area contributed by atoms with Crippen LogP contribution in [0.2, 0.25) is 0 Å². The van der Waals surface area contributed by atoms with E-state index in [-0.39, 0.29) is 10.8 Å². The molecule has 0 atom stereocenters. The van der Waals surface area contributed by atoms with Gasteiger partial charge in [-0.25, -0.2) is 13.1 Å². The van der Waals surface area contributed by atoms with Crippen molar-refractivity contribution in [3.05, 3.63) is 95.7 Å². The summed E-state index contributed by atoms with van der Waals surface area (Å²) in [4.78, 5) is 13.5. The first-order valence-electron chi connectivity index (χ1n) is 12.9. The van der Waals surface area contributed by atoms with E-state index in [2.05, 4.69) is 5.32 Å². The molecule has 0 radical (unpaired) electrons. The molecule has 8 nitrogen and oxygen atoms in total. The number of rotatable bonds is 7. The van der Waals surface area contributed by atoms with Crippen molar-refractivity contribution in [1.82, 2.24) is 14.1 Å². The van der Waals surface area contributed by atoms with E-state index >= 15 is 0 Å². The molecule has 3 aromatic carbocycles. The molecule has 6 rings (SSSR count). The quantitative estimate of drug-likeness (QED) is 0.305. The molecule has 3 heterocycles. The van der Waals surface area contributed by atoms with Gasteiger partial charge in [-0.1, -0.05) is 24.6 Å². The Morgan fingerprint density at radius 2 is 1.54 bits per heavy atom. The number of piperidine rings is 1. The molecule has 1 N–H and O–H groups in total. The third-order valence-corrected chi connectivity index (χ3v) is 9.80. The highest BCUT2D eigenvalue weighted by molar-refractivity contribution is 7.98. The Morgan fingerprint density at radius 3 is 2.26 bits per heavy atom. The van der Waals surface area contributed by atoms with E-state index in [1.54, 1.807) is 28.6 Å². The Labute approximate surface area is 232 Å². The Balaban J connectivity index is 1.22. The Morgan fingerprint density at radius 1 is 0.846 bits per heavy atom. The Hall–Kier alpha value is -3.60. The molecule has 2 aliphatic rings. The molecule has 1 saturated heterocycles. The number of hydrogen-bond donors (Lipinski definition) is 1. The number of nitrogens with one attached hydrogen (secondary N) is 1. The van der Waals surface area contributed by atoms with E-state index in [1.807, 2.05) is 54.6 Å². The molecule has 1 amide bonds. The highest BCUT2D eigenvalue weighted by Crippen LogP contribution is 2.36. The molecule has 200 valence electrons. The largest absolute Gasteiger partial charge is 0.457 e. The zero-order chi connectivity index (χ0) is 26.8. The van der Waals surface area contributed by atoms with Gasteiger partial charge in [-0.05, 0) is 73.5 Å². The monoisotopic (exact) mass is 560 g/mol. The van der Waals surface area contributed by atoms with Crippen LogP contribution in [0.1, 0.15) is 40.9 Å². The molecule has 1 aromatic heterocycles. The van der Waals surface area contributed by atoms with Gasteiger partial charge >= 0.3 is 0 Å². The SMILES string of the molecule is O=C(Nc1c2c(nn1-c1ccc(Oc3ccccc3)cc1)CSC2)c1ccc(S(=O)(=O)N2CCCCC2)cc1. The number of amides is 1. The Kier molecular flexibility index (Phi) is 7.16. The fourth-order valence-corrected chi connectivity index (χ4v) is 7.37. The van der Waals surface area contributed by atoms with Crippen LogP contribution in [0.5, 0.6) is 11.5 Å². The fourth-order valence-electron chi connectivity index (χ4n) is 4.82. The normalized spacial score (nSPS) is 15.6. The number of ether oxygens (including phenoxy) is 1. The number of hydrogen-bond acceptors (Lipinski definition) is 6. The number of fused-ring (bicyclic) bond motifs is 1. The lowest BCUT2D eigenvalue weighted by molar-refractivity contribution is 0.102. The van der Waals surface area contributed by atoms with Crippen molar-refractivity contribution in [2.75, 3.05) is 18.4 Å². The summed E-state index contributed by atoms with van der Waals surface area (Å²) in [6.45, 7) is 1.08. The molecule has 0 bridgehead atoms. The number of carbonyl (C=O) groups is 1. The third kappa shape index (κ3) is 5.32. The van der Waals surface area contributed by atoms with Gasteiger partial charge in [0.05, 0.1) is 16.3 Å². The second-order valence-corrected chi connectivity index (χ2v) is 12.5. The highest BCUT2D eigenvalue weighted by Gasteiger charge is 2.27. The molecule has 0 unspecified atom stereocenters. The summed E-state index contributed by atoms with van der Waals surface area (Å²) in [5, 5.41) is 7.81. The lowest BCUT2D eigenvalue weighted by Crippen LogP contribution is -2.35. The van der Waals surface area contributed by atoms with Gasteiger partial charge in [-0.15, -0.1) is 0 Å². The molecule has 1 fully saturated rings. The predicted octanol–water partition coefficient (Wildman–Crippen LogP) is 5.84. The number of sulfonamides is 1. The van der Waals surface area contributed by atoms with Crippen LogP contribution in [0.25, 0.3) is 5.69 Å². The van der Waals surface area contributed by atoms with Crippen LogP contribution in [0, 0.1) is 0 Å². The summed E-state index contributed by atoms with van der Waals surface area (Å²) in [7, 11) is -3.55. The fraction of sp³-hybridized carbons (Fsp3) is 0.241. The van der Waals surface area contributed by atoms with Crippen molar-refractivity contribution in [3.8, 4) is 17.2 Å². The average Bonchev–Trinajstić information content (AvgIpc) is 3.57. The van der Waals surface area contributed by atoms with Crippen molar-refractivity contribution in [1.29, 1.82) is 0 Å². The van der Waals surface area contributed by atoms with Crippen LogP contribution in [-0.4, -0.2) is 41.5 Å². The zero-order valence-corrected chi connectivity index (χ0v) is 22.9. The smallest absolute Gasteiger partial charge is 0.256 e. The molecular formula is C29H28N4O4S2. The minimum absolute atomic E-state index is 0.209. The van der Waals surface area contributed by atoms with E-state index in [0.717, 1.165) is 53.5 Å². The van der Waals surface area contributed by atoms with E-state index in [0.29, 0.717) is 30.2 Å². The summed E-state index contributed by atoms with van der Waals surface area (Å²) in [6, 6.07) is 23.3. The molecular weight excluding hydrogens is 532 g/mol. The van der Waals surface area contributed by atoms with Crippen molar-refractivity contribution in [2.45, 2.75) is 35.7 Å². The second kappa shape index (κ2) is 10.9. The van der Waals surface area contributed by atoms with Gasteiger partial charge in [-0.2, -0.15) is 21.2 Å². The molecule has 2 aliphatic heterocycles. The number of para-hydroxylation sites is 1. The number of benzene rings is 3. The number of anilines is 1. The number of carbonyl (C=O) groups excluding carboxylic acids is 1. The van der Waals surface area contributed by atoms with Crippen LogP contribution in [-0.2, 0) is 21.5 Å². The van der Waals surface area contributed by atoms with Crippen LogP contribution in [0.4, 0.5) is 5.82 Å². The number of nitrogens with zero attached hydrogens (tertiary/aromatic N) is 3. The molecule has 0 aliphatic carbocycles. The average molecular weight is 561 g/mol. The van der Waals surface area contributed by atoms with Gasteiger partial charge in [-0.3, -0.25) is 4.79 Å². The van der Waals surface area contributed by atoms with E-state index in [1.165, 1.54) is 16.4 Å². The van der Waals surface area contributed by atoms with Crippen LogP contribution in [0.15, 0.2) is 83.8 Å². The lowest BCUT2D eigenvalue weighted by atomic mass is 10.2. The minimum atomic E-state index is -3.55. The van der Waals surface area contributed by atoms with Crippen molar-refractivity contribution in [2.24, 2.45) is 0 Å². The van der Waals surface area contributed by atoms with Gasteiger partial charge in [0.1, 0.15) is 17.3 Å². The lowest BCUT2D eigenvalue weighted by Gasteiger charge is -2.25. The van der Waals surface area contributed by atoms with E-state index in [9.17, 15) is 13.2 Å². The Bertz CT molecular complexity index is 1580. The van der Waals surface area contributed by atoms with Gasteiger partial charge in [0.2, 0.25) is 10.0 Å². The maximum atomic E-state index is 13.3. The number of thioether (sulfide) groups is 1. The summed E-state index contributed by atoms with van der Waals surface area (Å²) < 4.78 is 35.2. The van der Waals surface area contributed by atoms with Crippen LogP contribution in [0.3, 0.4) is 0 Å². The second-order valence-electron chi connectivity index (χ2n) is 9.53. The predicted molar refractivity (Wildman–Crippen MR) is 152 cm³/mol. The standard InChI is InChI=1S/C29H28N4O4S2/c34-29(21-9-15-25(16-10-21)39(35,36)32-17-5-2-6-18-32)30-28-26-19-38-20-27(26)31-33(28)22-11-13-24(14-12-22)37-23-7-3-1-4-8-23/h1,3-4,7-16H,2,5-6,17-20H2,(H,30,34). The summed E-state index contributed by atoms with van der Waals surface area (Å²) in [5.74, 6) is 3.30. The summed E-state index contributed by atoms with van der Waals surface area (Å²) in [6.07, 6.45) is 2.80. The highest BCUT2D eigenvalue weighted by atomic mass is 32.2. The van der Waals surface area contributed by atoms with Crippen molar-refractivity contribution >= 4 is 33.5 Å². The van der Waals surface area contributed by atoms with E-state index < -0.39 is 10.0 Å². The first-order valence-corrected chi connectivity index (χ1v) is 15.5. The molecule has 0 saturated carbocycles. The van der Waals surface area contributed by atoms with Crippen molar-refractivity contribution < 1.29 is 17.9 Å². The minimum Gasteiger partial charge on any atom is -0.457 e. The van der Waals surface area contributed by atoms with Crippen LogP contribution >= 0.6 is 11.8 Å². The van der Waals surface area contributed by atoms with Gasteiger partial charge in [0.15, 0.2) is 0 Å². The first kappa shape index (κ1) is 25.7. The summed E-state index contributed by atoms with van der Waals surface area (Å²) in [5.41, 5.74) is 3.13. The third-order valence-electron chi connectivity index (χ3n) is 6.91. The zero-order valence-electron chi connectivity index (χ0n) is 21.2. The molecule has 10 heteroatoms. The molecule has 4 aromatic rings. The van der Waals surface area contributed by atoms with Gasteiger partial charge in [0, 0.05) is 35.7 Å². The summed E-state index contributed by atoms with van der Waals surface area (Å²) >= 11 is 1.75. The molecule has 39 heavy (non-hydrogen) atoms. The van der Waals surface area contributed by atoms with Gasteiger partial charge < -0.3 is 10.1 Å². The molecule has 0 spiro atoms. The van der Waals surface area contributed by atoms with Crippen LogP contribution < -0.4 is 10.1 Å². The maximum Gasteiger partial charge on any atom is 0.256 e. The first-order chi connectivity index (χ1) is 19.0.